The Morgan fingerprint density at radius 1 is 1.29 bits per heavy atom. The third-order valence-electron chi connectivity index (χ3n) is 5.38. The van der Waals surface area contributed by atoms with E-state index in [1.54, 1.807) is 19.2 Å². The van der Waals surface area contributed by atoms with Crippen molar-refractivity contribution in [1.29, 1.82) is 0 Å². The largest absolute Gasteiger partial charge is 0.357 e. The Balaban J connectivity index is 2.04. The van der Waals surface area contributed by atoms with E-state index in [2.05, 4.69) is 20.5 Å². The van der Waals surface area contributed by atoms with Crippen molar-refractivity contribution in [1.82, 2.24) is 25.1 Å². The van der Waals surface area contributed by atoms with Crippen LogP contribution in [0.25, 0.3) is 11.4 Å². The van der Waals surface area contributed by atoms with Crippen LogP contribution in [-0.2, 0) is 17.9 Å². The van der Waals surface area contributed by atoms with Crippen molar-refractivity contribution in [3.63, 3.8) is 0 Å². The molecular weight excluding hydrogens is 421 g/mol. The molecule has 2 aromatic rings. The molecule has 168 valence electrons. The van der Waals surface area contributed by atoms with Crippen molar-refractivity contribution in [3.05, 3.63) is 40.4 Å². The Labute approximate surface area is 187 Å². The molecule has 0 radical (unpaired) electrons. The topological polar surface area (TPSA) is 79.3 Å². The summed E-state index contributed by atoms with van der Waals surface area (Å²) in [6, 6.07) is 3.75. The van der Waals surface area contributed by atoms with Gasteiger partial charge in [-0.15, -0.1) is 0 Å². The highest BCUT2D eigenvalue weighted by Gasteiger charge is 2.29. The van der Waals surface area contributed by atoms with Gasteiger partial charge >= 0.3 is 0 Å². The summed E-state index contributed by atoms with van der Waals surface area (Å²) in [4.78, 5) is 32.2. The highest BCUT2D eigenvalue weighted by molar-refractivity contribution is 6.30. The van der Waals surface area contributed by atoms with Crippen molar-refractivity contribution < 1.29 is 14.0 Å². The highest BCUT2D eigenvalue weighted by Crippen LogP contribution is 2.29. The molecule has 0 aliphatic carbocycles. The lowest BCUT2D eigenvalue weighted by molar-refractivity contribution is -0.122. The van der Waals surface area contributed by atoms with Gasteiger partial charge in [-0.1, -0.05) is 25.4 Å². The first kappa shape index (κ1) is 23.2. The molecule has 1 aliphatic heterocycles. The normalized spacial score (nSPS) is 15.3. The van der Waals surface area contributed by atoms with Crippen LogP contribution in [-0.4, -0.2) is 52.9 Å². The minimum absolute atomic E-state index is 0.214. The van der Waals surface area contributed by atoms with Gasteiger partial charge in [-0.25, -0.2) is 9.37 Å². The standard InChI is InChI=1S/C22H29ClFN5O2/c1-13(2)10-17(21(30)25-3)26-22(31)19-18-12-28(4)8-5-9-29(18)20(27-19)15-7-6-14(23)11-16(15)24/h6-7,11,13,17H,5,8-10,12H2,1-4H3,(H,25,30)(H,26,31)/t17-/m0/s1. The number of nitrogens with zero attached hydrogens (tertiary/aromatic N) is 3. The maximum Gasteiger partial charge on any atom is 0.272 e. The molecule has 0 unspecified atom stereocenters. The van der Waals surface area contributed by atoms with E-state index in [-0.39, 0.29) is 17.5 Å². The molecule has 3 rings (SSSR count). The summed E-state index contributed by atoms with van der Waals surface area (Å²) in [5, 5.41) is 5.72. The van der Waals surface area contributed by atoms with Gasteiger partial charge in [0, 0.05) is 25.2 Å². The fraction of sp³-hybridized carbons (Fsp3) is 0.500. The number of aromatic nitrogens is 2. The number of nitrogens with one attached hydrogen (secondary N) is 2. The van der Waals surface area contributed by atoms with E-state index < -0.39 is 17.8 Å². The van der Waals surface area contributed by atoms with Crippen LogP contribution in [0.3, 0.4) is 0 Å². The number of fused-ring (bicyclic) bond motifs is 1. The van der Waals surface area contributed by atoms with Crippen LogP contribution in [0, 0.1) is 11.7 Å². The first-order valence-corrected chi connectivity index (χ1v) is 10.8. The first-order valence-electron chi connectivity index (χ1n) is 10.5. The van der Waals surface area contributed by atoms with Crippen molar-refractivity contribution in [3.8, 4) is 11.4 Å². The average molecular weight is 450 g/mol. The maximum absolute atomic E-state index is 14.7. The van der Waals surface area contributed by atoms with Gasteiger partial charge in [0.25, 0.3) is 5.91 Å². The molecule has 1 atom stereocenters. The van der Waals surface area contributed by atoms with Crippen LogP contribution >= 0.6 is 11.6 Å². The van der Waals surface area contributed by atoms with Crippen LogP contribution in [0.1, 0.15) is 42.9 Å². The highest BCUT2D eigenvalue weighted by atomic mass is 35.5. The lowest BCUT2D eigenvalue weighted by atomic mass is 10.0. The molecule has 0 saturated carbocycles. The quantitative estimate of drug-likeness (QED) is 0.710. The molecule has 1 aromatic carbocycles. The Bertz CT molecular complexity index is 975. The van der Waals surface area contributed by atoms with Gasteiger partial charge in [0.1, 0.15) is 17.7 Å². The van der Waals surface area contributed by atoms with Crippen LogP contribution in [0.15, 0.2) is 18.2 Å². The smallest absolute Gasteiger partial charge is 0.272 e. The molecule has 0 saturated heterocycles. The van der Waals surface area contributed by atoms with Gasteiger partial charge in [-0.3, -0.25) is 9.59 Å². The summed E-state index contributed by atoms with van der Waals surface area (Å²) in [5.41, 5.74) is 1.22. The number of halogens is 2. The summed E-state index contributed by atoms with van der Waals surface area (Å²) >= 11 is 5.91. The predicted molar refractivity (Wildman–Crippen MR) is 118 cm³/mol. The zero-order valence-corrected chi connectivity index (χ0v) is 19.1. The van der Waals surface area contributed by atoms with Gasteiger partial charge < -0.3 is 20.1 Å². The summed E-state index contributed by atoms with van der Waals surface area (Å²) in [6.45, 7) is 5.93. The van der Waals surface area contributed by atoms with Gasteiger partial charge in [0.05, 0.1) is 11.3 Å². The molecule has 1 aromatic heterocycles. The van der Waals surface area contributed by atoms with Crippen molar-refractivity contribution in [2.75, 3.05) is 20.6 Å². The molecule has 2 N–H and O–H groups in total. The maximum atomic E-state index is 14.7. The molecule has 9 heteroatoms. The number of carbonyl (C=O) groups is 2. The fourth-order valence-electron chi connectivity index (χ4n) is 3.88. The Hall–Kier alpha value is -2.45. The molecule has 2 amide bonds. The molecular formula is C22H29ClFN5O2. The molecule has 0 fully saturated rings. The van der Waals surface area contributed by atoms with E-state index in [4.69, 9.17) is 11.6 Å². The van der Waals surface area contributed by atoms with Crippen LogP contribution < -0.4 is 10.6 Å². The Morgan fingerprint density at radius 3 is 2.68 bits per heavy atom. The number of benzene rings is 1. The second-order valence-corrected chi connectivity index (χ2v) is 8.80. The lowest BCUT2D eigenvalue weighted by Gasteiger charge is -2.19. The number of carbonyl (C=O) groups excluding carboxylic acids is 2. The van der Waals surface area contributed by atoms with Crippen molar-refractivity contribution in [2.45, 2.75) is 45.8 Å². The number of likely N-dealkylation sites (N-methyl/N-ethyl adjacent to an activating group) is 1. The van der Waals surface area contributed by atoms with E-state index in [9.17, 15) is 14.0 Å². The van der Waals surface area contributed by atoms with Crippen LogP contribution in [0.2, 0.25) is 5.02 Å². The summed E-state index contributed by atoms with van der Waals surface area (Å²) in [6.07, 6.45) is 1.34. The number of hydrogen-bond donors (Lipinski definition) is 2. The number of imidazole rings is 1. The molecule has 0 spiro atoms. The summed E-state index contributed by atoms with van der Waals surface area (Å²) in [7, 11) is 3.51. The molecule has 2 heterocycles. The van der Waals surface area contributed by atoms with E-state index in [1.807, 2.05) is 25.5 Å². The van der Waals surface area contributed by atoms with E-state index >= 15 is 0 Å². The number of hydrogen-bond acceptors (Lipinski definition) is 4. The van der Waals surface area contributed by atoms with Gasteiger partial charge in [0.2, 0.25) is 5.91 Å². The Kier molecular flexibility index (Phi) is 7.33. The van der Waals surface area contributed by atoms with Crippen molar-refractivity contribution >= 4 is 23.4 Å². The third kappa shape index (κ3) is 5.25. The second kappa shape index (κ2) is 9.78. The van der Waals surface area contributed by atoms with E-state index in [0.717, 1.165) is 13.0 Å². The lowest BCUT2D eigenvalue weighted by Crippen LogP contribution is -2.46. The zero-order chi connectivity index (χ0) is 22.7. The SMILES string of the molecule is CNC(=O)[C@H](CC(C)C)NC(=O)c1nc(-c2ccc(Cl)cc2F)n2c1CN(C)CCC2. The average Bonchev–Trinajstić information content (AvgIpc) is 2.92. The molecule has 1 aliphatic rings. The molecule has 7 nitrogen and oxygen atoms in total. The number of amides is 2. The van der Waals surface area contributed by atoms with Gasteiger partial charge in [-0.2, -0.15) is 0 Å². The van der Waals surface area contributed by atoms with E-state index in [0.29, 0.717) is 41.6 Å². The van der Waals surface area contributed by atoms with Crippen LogP contribution in [0.4, 0.5) is 4.39 Å². The predicted octanol–water partition coefficient (Wildman–Crippen LogP) is 3.07. The van der Waals surface area contributed by atoms with Gasteiger partial charge in [0.15, 0.2) is 5.69 Å². The fourth-order valence-corrected chi connectivity index (χ4v) is 4.04. The van der Waals surface area contributed by atoms with Gasteiger partial charge in [-0.05, 0) is 50.6 Å². The van der Waals surface area contributed by atoms with E-state index in [1.165, 1.54) is 6.07 Å². The molecule has 0 bridgehead atoms. The van der Waals surface area contributed by atoms with Crippen LogP contribution in [0.5, 0.6) is 0 Å². The second-order valence-electron chi connectivity index (χ2n) is 8.37. The molecule has 31 heavy (non-hydrogen) atoms. The monoisotopic (exact) mass is 449 g/mol. The minimum Gasteiger partial charge on any atom is -0.357 e. The summed E-state index contributed by atoms with van der Waals surface area (Å²) in [5.74, 6) is -0.577. The third-order valence-corrected chi connectivity index (χ3v) is 5.61. The number of rotatable bonds is 6. The Morgan fingerprint density at radius 2 is 2.03 bits per heavy atom. The zero-order valence-electron chi connectivity index (χ0n) is 18.3. The first-order chi connectivity index (χ1) is 14.7. The van der Waals surface area contributed by atoms with Crippen molar-refractivity contribution in [2.24, 2.45) is 5.92 Å². The summed E-state index contributed by atoms with van der Waals surface area (Å²) < 4.78 is 16.6. The minimum atomic E-state index is -0.672.